The van der Waals surface area contributed by atoms with Crippen molar-refractivity contribution in [2.24, 2.45) is 4.99 Å². The Labute approximate surface area is 156 Å². The molecular formula is C21H29FN4. The zero-order valence-corrected chi connectivity index (χ0v) is 15.9. The number of hydrogen-bond acceptors (Lipinski definition) is 2. The summed E-state index contributed by atoms with van der Waals surface area (Å²) in [5, 5.41) is 6.63. The summed E-state index contributed by atoms with van der Waals surface area (Å²) in [5.74, 6) is 0.507. The fourth-order valence-corrected chi connectivity index (χ4v) is 2.76. The predicted molar refractivity (Wildman–Crippen MR) is 107 cm³/mol. The summed E-state index contributed by atoms with van der Waals surface area (Å²) in [6.45, 7) is 8.71. The molecule has 4 nitrogen and oxygen atoms in total. The number of nitrogens with one attached hydrogen (secondary N) is 2. The Bertz CT molecular complexity index is 693. The first-order chi connectivity index (χ1) is 12.7. The fourth-order valence-electron chi connectivity index (χ4n) is 2.76. The van der Waals surface area contributed by atoms with E-state index in [0.29, 0.717) is 13.1 Å². The second-order valence-corrected chi connectivity index (χ2v) is 6.14. The molecule has 2 aromatic rings. The molecule has 0 aliphatic heterocycles. The minimum atomic E-state index is -0.221. The summed E-state index contributed by atoms with van der Waals surface area (Å²) in [6.07, 6.45) is 0. The number of hydrogen-bond donors (Lipinski definition) is 2. The summed E-state index contributed by atoms with van der Waals surface area (Å²) < 4.78 is 13.0. The average molecular weight is 356 g/mol. The Morgan fingerprint density at radius 2 is 1.54 bits per heavy atom. The molecule has 5 heteroatoms. The zero-order chi connectivity index (χ0) is 18.8. The Kier molecular flexibility index (Phi) is 8.09. The van der Waals surface area contributed by atoms with Crippen LogP contribution in [0.1, 0.15) is 30.5 Å². The van der Waals surface area contributed by atoms with Gasteiger partial charge in [-0.3, -0.25) is 9.89 Å². The normalized spacial score (nSPS) is 11.7. The lowest BCUT2D eigenvalue weighted by atomic mass is 10.1. The molecule has 26 heavy (non-hydrogen) atoms. The van der Waals surface area contributed by atoms with Crippen LogP contribution >= 0.6 is 0 Å². The van der Waals surface area contributed by atoms with E-state index in [1.807, 2.05) is 0 Å². The molecular weight excluding hydrogens is 327 g/mol. The van der Waals surface area contributed by atoms with E-state index < -0.39 is 0 Å². The highest BCUT2D eigenvalue weighted by Gasteiger charge is 2.07. The molecule has 0 atom stereocenters. The van der Waals surface area contributed by atoms with Gasteiger partial charge in [0.15, 0.2) is 5.96 Å². The van der Waals surface area contributed by atoms with E-state index in [4.69, 9.17) is 0 Å². The van der Waals surface area contributed by atoms with Gasteiger partial charge >= 0.3 is 0 Å². The molecule has 0 amide bonds. The molecule has 0 saturated carbocycles. The van der Waals surface area contributed by atoms with Gasteiger partial charge in [0.25, 0.3) is 0 Å². The van der Waals surface area contributed by atoms with E-state index in [1.54, 1.807) is 19.2 Å². The third-order valence-electron chi connectivity index (χ3n) is 4.45. The molecule has 0 aromatic heterocycles. The summed E-state index contributed by atoms with van der Waals surface area (Å²) in [4.78, 5) is 6.67. The molecule has 0 bridgehead atoms. The minimum absolute atomic E-state index is 0.221. The van der Waals surface area contributed by atoms with Crippen molar-refractivity contribution in [1.29, 1.82) is 0 Å². The predicted octanol–water partition coefficient (Wildman–Crippen LogP) is 3.53. The maximum Gasteiger partial charge on any atom is 0.191 e. The standard InChI is InChI=1S/C21H29FN4/c1-4-26(5-2)16-19-9-7-6-8-18(19)15-25-21(23-3)24-14-17-10-12-20(22)13-11-17/h6-13H,4-5,14-16H2,1-3H3,(H2,23,24,25). The van der Waals surface area contributed by atoms with Crippen LogP contribution in [0.5, 0.6) is 0 Å². The van der Waals surface area contributed by atoms with Crippen LogP contribution in [-0.4, -0.2) is 31.0 Å². The monoisotopic (exact) mass is 356 g/mol. The molecule has 2 aromatic carbocycles. The van der Waals surface area contributed by atoms with Gasteiger partial charge in [-0.05, 0) is 41.9 Å². The molecule has 0 radical (unpaired) electrons. The zero-order valence-electron chi connectivity index (χ0n) is 15.9. The van der Waals surface area contributed by atoms with Crippen molar-refractivity contribution in [2.75, 3.05) is 20.1 Å². The maximum atomic E-state index is 13.0. The van der Waals surface area contributed by atoms with Gasteiger partial charge < -0.3 is 10.6 Å². The van der Waals surface area contributed by atoms with Crippen molar-refractivity contribution < 1.29 is 4.39 Å². The summed E-state index contributed by atoms with van der Waals surface area (Å²) >= 11 is 0. The first-order valence-electron chi connectivity index (χ1n) is 9.14. The summed E-state index contributed by atoms with van der Waals surface area (Å²) in [5.41, 5.74) is 3.61. The van der Waals surface area contributed by atoms with Crippen molar-refractivity contribution in [2.45, 2.75) is 33.5 Å². The van der Waals surface area contributed by atoms with E-state index >= 15 is 0 Å². The summed E-state index contributed by atoms with van der Waals surface area (Å²) in [7, 11) is 1.75. The van der Waals surface area contributed by atoms with Crippen molar-refractivity contribution >= 4 is 5.96 Å². The first-order valence-corrected chi connectivity index (χ1v) is 9.14. The Morgan fingerprint density at radius 3 is 2.15 bits per heavy atom. The van der Waals surface area contributed by atoms with Crippen LogP contribution in [0.3, 0.4) is 0 Å². The minimum Gasteiger partial charge on any atom is -0.352 e. The molecule has 2 N–H and O–H groups in total. The molecule has 0 saturated heterocycles. The molecule has 0 unspecified atom stereocenters. The molecule has 0 aliphatic carbocycles. The number of rotatable bonds is 8. The van der Waals surface area contributed by atoms with Crippen LogP contribution in [0.2, 0.25) is 0 Å². The number of halogens is 1. The summed E-state index contributed by atoms with van der Waals surface area (Å²) in [6, 6.07) is 15.0. The van der Waals surface area contributed by atoms with E-state index in [9.17, 15) is 4.39 Å². The number of aliphatic imine (C=N–C) groups is 1. The highest BCUT2D eigenvalue weighted by molar-refractivity contribution is 5.79. The SMILES string of the molecule is CCN(CC)Cc1ccccc1CNC(=NC)NCc1ccc(F)cc1. The quantitative estimate of drug-likeness (QED) is 0.561. The van der Waals surface area contributed by atoms with Crippen LogP contribution in [0.4, 0.5) is 4.39 Å². The Balaban J connectivity index is 1.92. The fraction of sp³-hybridized carbons (Fsp3) is 0.381. The Hall–Kier alpha value is -2.40. The van der Waals surface area contributed by atoms with Gasteiger partial charge in [-0.2, -0.15) is 0 Å². The van der Waals surface area contributed by atoms with Crippen LogP contribution in [0.25, 0.3) is 0 Å². The third-order valence-corrected chi connectivity index (χ3v) is 4.45. The van der Waals surface area contributed by atoms with Crippen molar-refractivity contribution in [3.63, 3.8) is 0 Å². The van der Waals surface area contributed by atoms with Gasteiger partial charge in [0.2, 0.25) is 0 Å². The maximum absolute atomic E-state index is 13.0. The lowest BCUT2D eigenvalue weighted by molar-refractivity contribution is 0.295. The van der Waals surface area contributed by atoms with E-state index in [1.165, 1.54) is 23.3 Å². The molecule has 2 rings (SSSR count). The topological polar surface area (TPSA) is 39.7 Å². The molecule has 0 heterocycles. The van der Waals surface area contributed by atoms with Gasteiger partial charge in [-0.1, -0.05) is 50.2 Å². The van der Waals surface area contributed by atoms with Crippen molar-refractivity contribution in [3.05, 3.63) is 71.0 Å². The second kappa shape index (κ2) is 10.6. The van der Waals surface area contributed by atoms with E-state index in [-0.39, 0.29) is 5.82 Å². The van der Waals surface area contributed by atoms with Gasteiger partial charge in [-0.15, -0.1) is 0 Å². The number of guanidine groups is 1. The first kappa shape index (κ1) is 19.9. The molecule has 0 aliphatic rings. The molecule has 0 fully saturated rings. The smallest absolute Gasteiger partial charge is 0.191 e. The van der Waals surface area contributed by atoms with Crippen LogP contribution in [0, 0.1) is 5.82 Å². The van der Waals surface area contributed by atoms with Crippen molar-refractivity contribution in [1.82, 2.24) is 15.5 Å². The molecule has 140 valence electrons. The van der Waals surface area contributed by atoms with Crippen LogP contribution in [-0.2, 0) is 19.6 Å². The number of nitrogens with zero attached hydrogens (tertiary/aromatic N) is 2. The lowest BCUT2D eigenvalue weighted by Crippen LogP contribution is -2.36. The molecule has 0 spiro atoms. The third kappa shape index (κ3) is 6.15. The lowest BCUT2D eigenvalue weighted by Gasteiger charge is -2.20. The second-order valence-electron chi connectivity index (χ2n) is 6.14. The average Bonchev–Trinajstić information content (AvgIpc) is 2.68. The van der Waals surface area contributed by atoms with Crippen LogP contribution in [0.15, 0.2) is 53.5 Å². The van der Waals surface area contributed by atoms with E-state index in [2.05, 4.69) is 58.6 Å². The number of benzene rings is 2. The van der Waals surface area contributed by atoms with E-state index in [0.717, 1.165) is 31.2 Å². The van der Waals surface area contributed by atoms with Crippen molar-refractivity contribution in [3.8, 4) is 0 Å². The largest absolute Gasteiger partial charge is 0.352 e. The Morgan fingerprint density at radius 1 is 0.923 bits per heavy atom. The highest BCUT2D eigenvalue weighted by Crippen LogP contribution is 2.11. The van der Waals surface area contributed by atoms with Gasteiger partial charge in [0.1, 0.15) is 5.82 Å². The van der Waals surface area contributed by atoms with Crippen LogP contribution < -0.4 is 10.6 Å². The van der Waals surface area contributed by atoms with Gasteiger partial charge in [-0.25, -0.2) is 4.39 Å². The highest BCUT2D eigenvalue weighted by atomic mass is 19.1. The van der Waals surface area contributed by atoms with Gasteiger partial charge in [0.05, 0.1) is 0 Å². The van der Waals surface area contributed by atoms with Gasteiger partial charge in [0, 0.05) is 26.7 Å².